The number of methoxy groups -OCH3 is 1. The molecular weight excluding hydrogens is 1790 g/mol. The average molecular weight is 1900 g/mol. The number of nitrogens with zero attached hydrogens (tertiary/aromatic N) is 8. The van der Waals surface area contributed by atoms with Crippen LogP contribution in [0.1, 0.15) is 198 Å². The second-order valence-corrected chi connectivity index (χ2v) is 38.2. The van der Waals surface area contributed by atoms with Gasteiger partial charge < -0.3 is 54.9 Å². The molecule has 1 aliphatic carbocycles. The maximum absolute atomic E-state index is 14.8. The van der Waals surface area contributed by atoms with Crippen LogP contribution in [0.5, 0.6) is 0 Å². The number of rotatable bonds is 48. The molecule has 4 aromatic heterocycles. The Hall–Kier alpha value is -11.1. The summed E-state index contributed by atoms with van der Waals surface area (Å²) in [6, 6.07) is 9.82. The number of aryl methyl sites for hydroxylation is 5. The van der Waals surface area contributed by atoms with Gasteiger partial charge in [-0.25, -0.2) is 30.2 Å². The first kappa shape index (κ1) is 100. The summed E-state index contributed by atoms with van der Waals surface area (Å²) in [5.41, 5.74) is 16.6. The summed E-state index contributed by atoms with van der Waals surface area (Å²) < 4.78 is 49.9. The average Bonchev–Trinajstić information content (AvgIpc) is 1.56. The lowest BCUT2D eigenvalue weighted by atomic mass is 9.82. The number of carbonyl (C=O) groups is 12. The summed E-state index contributed by atoms with van der Waals surface area (Å²) in [5, 5.41) is 11.3. The Morgan fingerprint density at radius 3 is 2.24 bits per heavy atom. The van der Waals surface area contributed by atoms with Crippen molar-refractivity contribution in [2.75, 3.05) is 67.3 Å². The molecule has 3 unspecified atom stereocenters. The van der Waals surface area contributed by atoms with Crippen molar-refractivity contribution in [3.8, 4) is 0 Å². The number of ether oxygens (including phenoxy) is 3. The lowest BCUT2D eigenvalue weighted by Crippen LogP contribution is -2.52. The summed E-state index contributed by atoms with van der Waals surface area (Å²) in [7, 11) is 0.920. The van der Waals surface area contributed by atoms with Crippen LogP contribution in [-0.4, -0.2) is 217 Å². The fourth-order valence-electron chi connectivity index (χ4n) is 17.3. The molecule has 40 heteroatoms. The molecule has 131 heavy (non-hydrogen) atoms. The van der Waals surface area contributed by atoms with Crippen molar-refractivity contribution in [1.29, 1.82) is 0 Å². The van der Waals surface area contributed by atoms with E-state index in [9.17, 15) is 75.3 Å². The molecule has 8 bridgehead atoms. The fraction of sp³-hybridized carbons (Fsp3) is 0.505. The highest BCUT2D eigenvalue weighted by atomic mass is 35.5. The third-order valence-electron chi connectivity index (χ3n) is 24.3. The normalized spacial score (nSPS) is 19.0. The zero-order valence-corrected chi connectivity index (χ0v) is 78.7. The molecule has 8 heterocycles. The Kier molecular flexibility index (Phi) is 35.9. The van der Waals surface area contributed by atoms with Gasteiger partial charge in [-0.15, -0.1) is 23.2 Å². The Bertz CT molecular complexity index is 5740. The monoisotopic (exact) mass is 1900 g/mol. The molecule has 0 fully saturated rings. The minimum absolute atomic E-state index is 0.0177. The van der Waals surface area contributed by atoms with Gasteiger partial charge in [-0.1, -0.05) is 73.0 Å². The van der Waals surface area contributed by atoms with Gasteiger partial charge >= 0.3 is 12.1 Å². The van der Waals surface area contributed by atoms with Crippen molar-refractivity contribution in [3.63, 3.8) is 0 Å². The summed E-state index contributed by atoms with van der Waals surface area (Å²) in [5.74, 6) is -5.92. The van der Waals surface area contributed by atoms with Crippen LogP contribution in [0.3, 0.4) is 0 Å². The number of carbonyl (C=O) groups excluding carboxylic acids is 12. The molecule has 6 aromatic rings. The second-order valence-electron chi connectivity index (χ2n) is 33.3. The Morgan fingerprint density at radius 2 is 1.53 bits per heavy atom. The summed E-state index contributed by atoms with van der Waals surface area (Å²) in [4.78, 5) is 212. The smallest absolute Gasteiger partial charge is 0.426 e. The van der Waals surface area contributed by atoms with E-state index in [0.29, 0.717) is 125 Å². The van der Waals surface area contributed by atoms with Crippen molar-refractivity contribution >= 4 is 177 Å². The van der Waals surface area contributed by atoms with Gasteiger partial charge in [-0.2, -0.15) is 8.42 Å². The molecule has 5 aliphatic rings. The number of hydrazine groups is 1. The Balaban J connectivity index is 0.684. The molecule has 9 atom stereocenters. The minimum atomic E-state index is -4.47. The van der Waals surface area contributed by atoms with Gasteiger partial charge in [0, 0.05) is 181 Å². The van der Waals surface area contributed by atoms with Gasteiger partial charge in [0.25, 0.3) is 28.1 Å². The first-order valence-electron chi connectivity index (χ1n) is 43.9. The predicted octanol–water partition coefficient (Wildman–Crippen LogP) is 10.0. The number of H-pyrrole nitrogens is 2. The third kappa shape index (κ3) is 26.2. The molecule has 702 valence electrons. The van der Waals surface area contributed by atoms with Crippen molar-refractivity contribution < 1.29 is 84.7 Å². The Morgan fingerprint density at radius 1 is 0.802 bits per heavy atom. The highest BCUT2D eigenvalue weighted by Gasteiger charge is 2.49. The van der Waals surface area contributed by atoms with E-state index < -0.39 is 113 Å². The maximum Gasteiger partial charge on any atom is 0.426 e. The number of imidazole rings is 1. The van der Waals surface area contributed by atoms with Crippen molar-refractivity contribution in [2.24, 2.45) is 46.6 Å². The number of Topliss-reactive ketones (excluding diaryl/α,β-unsaturated/α-hetero) is 5. The van der Waals surface area contributed by atoms with Crippen molar-refractivity contribution in [3.05, 3.63) is 144 Å². The van der Waals surface area contributed by atoms with Crippen LogP contribution in [0.2, 0.25) is 0 Å². The molecule has 5 amide bonds. The number of fused-ring (bicyclic) bond motifs is 7. The SMILES string of the molecule is CC[C@H]1/C2=C/c3[nH]c4c(c3C)C(=O)C(C(=O)OC)/C4=C3/N=C(C=C4NC(CC(=N2)[C@@H]1C)C(C(C)=O)=C4C)[C@@H](C)[C@@H]3CCC(=O)CCCCC(NC(=O)CCCc1nc2ccc(N(CCCl)CCCl)cc2n1C)C(=O)NNC(=O)OCCSSC[C@H](CC(=O)[C@H](CC(=O)NCCS(=O)(=O)O)NC(=O)CCCCC(=O)c1ccc(CCc2cnc3nc(C)[nH]c(=O)c3n2)cc1)OC=O. The number of aliphatic imine (C=N–C) groups is 2. The number of allylic oxidation sites excluding steroid dienone is 4. The first-order valence-corrected chi connectivity index (χ1v) is 49.1. The number of unbranched alkanes of at least 4 members (excludes halogenated alkanes) is 2. The molecule has 0 saturated heterocycles. The number of ketones is 5. The van der Waals surface area contributed by atoms with Crippen LogP contribution < -0.4 is 42.6 Å². The fourth-order valence-corrected chi connectivity index (χ4v) is 20.1. The van der Waals surface area contributed by atoms with Crippen LogP contribution in [-0.2, 0) is 93.8 Å². The molecular formula is C91H112Cl2N16O19S3. The van der Waals surface area contributed by atoms with Gasteiger partial charge in [-0.3, -0.25) is 77.5 Å². The highest BCUT2D eigenvalue weighted by Crippen LogP contribution is 2.50. The van der Waals surface area contributed by atoms with E-state index in [1.54, 1.807) is 32.2 Å². The van der Waals surface area contributed by atoms with Gasteiger partial charge in [0.1, 0.15) is 42.1 Å². The zero-order chi connectivity index (χ0) is 94.5. The number of aromatic amines is 2. The molecule has 0 radical (unpaired) electrons. The number of amides is 5. The first-order chi connectivity index (χ1) is 62.7. The number of alkyl halides is 2. The largest absolute Gasteiger partial charge is 0.468 e. The maximum atomic E-state index is 14.8. The van der Waals surface area contributed by atoms with E-state index in [2.05, 4.69) is 75.8 Å². The van der Waals surface area contributed by atoms with Crippen molar-refractivity contribution in [2.45, 2.75) is 195 Å². The van der Waals surface area contributed by atoms with E-state index in [-0.39, 0.29) is 153 Å². The van der Waals surface area contributed by atoms with E-state index in [0.717, 1.165) is 73.1 Å². The third-order valence-corrected chi connectivity index (χ3v) is 27.8. The van der Waals surface area contributed by atoms with E-state index in [1.165, 1.54) is 7.11 Å². The molecule has 35 nitrogen and oxygen atoms in total. The van der Waals surface area contributed by atoms with E-state index >= 15 is 0 Å². The number of hydrogen-bond donors (Lipinski definition) is 9. The van der Waals surface area contributed by atoms with Crippen LogP contribution in [0.25, 0.3) is 33.8 Å². The van der Waals surface area contributed by atoms with Crippen LogP contribution in [0.15, 0.2) is 97.8 Å². The van der Waals surface area contributed by atoms with Crippen LogP contribution >= 0.6 is 44.8 Å². The molecule has 4 aliphatic heterocycles. The summed E-state index contributed by atoms with van der Waals surface area (Å²) in [6.07, 6.45) is 6.52. The molecule has 2 aromatic carbocycles. The number of anilines is 1. The molecule has 0 saturated carbocycles. The lowest BCUT2D eigenvalue weighted by Gasteiger charge is -2.22. The van der Waals surface area contributed by atoms with Crippen LogP contribution in [0.4, 0.5) is 10.5 Å². The topological polar surface area (TPSA) is 492 Å². The number of benzene rings is 2. The minimum Gasteiger partial charge on any atom is -0.468 e. The predicted molar refractivity (Wildman–Crippen MR) is 499 cm³/mol. The molecule has 11 rings (SSSR count). The number of nitrogens with one attached hydrogen (secondary N) is 8. The summed E-state index contributed by atoms with van der Waals surface area (Å²) >= 11 is 12.2. The Labute approximate surface area is 776 Å². The number of hydrogen-bond acceptors (Lipinski definition) is 28. The van der Waals surface area contributed by atoms with Gasteiger partial charge in [0.2, 0.25) is 17.7 Å². The van der Waals surface area contributed by atoms with Gasteiger partial charge in [0.05, 0.1) is 65.7 Å². The van der Waals surface area contributed by atoms with Crippen LogP contribution in [0, 0.1) is 43.4 Å². The number of aromatic nitrogens is 7. The zero-order valence-electron chi connectivity index (χ0n) is 74.7. The molecule has 9 N–H and O–H groups in total. The summed E-state index contributed by atoms with van der Waals surface area (Å²) in [6.45, 7) is 13.8. The molecule has 0 spiro atoms. The lowest BCUT2D eigenvalue weighted by molar-refractivity contribution is -0.142. The number of halogens is 2. The van der Waals surface area contributed by atoms with E-state index in [1.807, 2.05) is 74.9 Å². The number of esters is 1. The van der Waals surface area contributed by atoms with E-state index in [4.69, 9.17) is 52.4 Å². The van der Waals surface area contributed by atoms with Crippen molar-refractivity contribution in [1.82, 2.24) is 66.6 Å². The van der Waals surface area contributed by atoms with Gasteiger partial charge in [0.15, 0.2) is 34.3 Å². The van der Waals surface area contributed by atoms with Gasteiger partial charge in [-0.05, 0) is 133 Å². The standard InChI is InChI=1S/C91H112Cl2N16O19S3/c1-10-61-49(2)65-44-71-79(53(6)111)51(4)67(100-71)42-66-50(3)62(83(104-66)81-82(90(121)126-9)86(118)80-52(5)68(105-84(80)81)43-69(61)99-65)30-29-59(112)16-11-12-17-64(102-77(116)21-15-19-75-101-63-31-28-58(40-72(63)108(75)8)109(35-32-92)36-33-93)88(119)106-107-91(122)127-37-38-129-130-47-60(128-48-110)41-74(114)70(45-78(117)94-34-39-131(123,124)125)103-76(115)20-14-13-18-73(113)56-25-22-55(23-26-56)24-27-57-46-95-87-85(98-57)89(120)97-54(7)96-87/h22-23,25-26,28,31,40,42-43,46,48-50,60-62,64,70-71,82,100,105H,10-21,24,27,29-30,32-39,41,44-45,47H2,1-9H3,(H,94,117)(H,102,116)(H,103,115)(H,106,119)(H,107,122)(H,123,124,125)(H,95,96,97,120)/b67-42?,69-43-,83-81-/t49-,50+,60+,61-,62+,64?,70+,71?,82?/m1/s1. The quantitative estimate of drug-likeness (QED) is 0.00164. The highest BCUT2D eigenvalue weighted by molar-refractivity contribution is 8.76. The second kappa shape index (κ2) is 46.8.